The predicted molar refractivity (Wildman–Crippen MR) is 87.4 cm³/mol. The zero-order valence-electron chi connectivity index (χ0n) is 11.2. The summed E-state index contributed by atoms with van der Waals surface area (Å²) < 4.78 is 6.25. The molecule has 0 saturated heterocycles. The highest BCUT2D eigenvalue weighted by atomic mass is 79.9. The second-order valence-electron chi connectivity index (χ2n) is 4.56. The van der Waals surface area contributed by atoms with Crippen LogP contribution in [-0.4, -0.2) is 7.11 Å². The molecule has 0 aliphatic carbocycles. The monoisotopic (exact) mass is 382 g/mol. The molecule has 0 N–H and O–H groups in total. The first-order chi connectivity index (χ1) is 9.04. The van der Waals surface area contributed by atoms with Crippen molar-refractivity contribution < 1.29 is 4.74 Å². The van der Waals surface area contributed by atoms with E-state index in [2.05, 4.69) is 76.0 Å². The summed E-state index contributed by atoms with van der Waals surface area (Å²) in [7, 11) is 1.68. The van der Waals surface area contributed by atoms with E-state index in [9.17, 15) is 0 Å². The molecule has 100 valence electrons. The van der Waals surface area contributed by atoms with E-state index in [1.807, 2.05) is 6.07 Å². The van der Waals surface area contributed by atoms with Gasteiger partial charge in [0.2, 0.25) is 0 Å². The first kappa shape index (κ1) is 14.6. The second kappa shape index (κ2) is 6.10. The molecule has 0 bridgehead atoms. The molecule has 0 spiro atoms. The third-order valence-corrected chi connectivity index (χ3v) is 4.87. The lowest BCUT2D eigenvalue weighted by Gasteiger charge is -2.17. The zero-order chi connectivity index (χ0) is 14.0. The number of halogens is 2. The maximum atomic E-state index is 5.27. The van der Waals surface area contributed by atoms with Crippen molar-refractivity contribution in [2.75, 3.05) is 7.11 Å². The fraction of sp³-hybridized carbons (Fsp3) is 0.250. The summed E-state index contributed by atoms with van der Waals surface area (Å²) in [5.74, 6) is 0.852. The van der Waals surface area contributed by atoms with Crippen LogP contribution in [0.4, 0.5) is 0 Å². The Morgan fingerprint density at radius 3 is 2.21 bits per heavy atom. The van der Waals surface area contributed by atoms with Crippen LogP contribution in [0, 0.1) is 13.8 Å². The Labute approximate surface area is 131 Å². The highest BCUT2D eigenvalue weighted by Crippen LogP contribution is 2.37. The van der Waals surface area contributed by atoms with Crippen molar-refractivity contribution in [3.8, 4) is 5.75 Å². The van der Waals surface area contributed by atoms with Crippen molar-refractivity contribution in [2.45, 2.75) is 18.7 Å². The highest BCUT2D eigenvalue weighted by molar-refractivity contribution is 9.10. The van der Waals surface area contributed by atoms with Gasteiger partial charge < -0.3 is 4.74 Å². The minimum Gasteiger partial charge on any atom is -0.496 e. The third kappa shape index (κ3) is 3.03. The maximum Gasteiger partial charge on any atom is 0.133 e. The Hall–Kier alpha value is -0.800. The van der Waals surface area contributed by atoms with Crippen LogP contribution in [0.15, 0.2) is 40.9 Å². The molecule has 2 aromatic carbocycles. The summed E-state index contributed by atoms with van der Waals surface area (Å²) in [6.07, 6.45) is 0. The Bertz CT molecular complexity index is 573. The van der Waals surface area contributed by atoms with E-state index >= 15 is 0 Å². The van der Waals surface area contributed by atoms with E-state index in [4.69, 9.17) is 4.74 Å². The number of aryl methyl sites for hydroxylation is 2. The Morgan fingerprint density at radius 2 is 1.68 bits per heavy atom. The topological polar surface area (TPSA) is 9.23 Å². The van der Waals surface area contributed by atoms with E-state index in [1.165, 1.54) is 22.3 Å². The fourth-order valence-electron chi connectivity index (χ4n) is 2.23. The standard InChI is InChI=1S/C16H16Br2O/c1-10-5-4-6-11(2)15(10)16(18)12-7-8-14(19-3)13(17)9-12/h4-9,16H,1-3H3. The van der Waals surface area contributed by atoms with Crippen LogP contribution in [0.5, 0.6) is 5.75 Å². The quantitative estimate of drug-likeness (QED) is 0.630. The van der Waals surface area contributed by atoms with Gasteiger partial charge in [0.15, 0.2) is 0 Å². The van der Waals surface area contributed by atoms with Crippen LogP contribution >= 0.6 is 31.9 Å². The SMILES string of the molecule is COc1ccc(C(Br)c2c(C)cccc2C)cc1Br. The Morgan fingerprint density at radius 1 is 1.05 bits per heavy atom. The summed E-state index contributed by atoms with van der Waals surface area (Å²) in [4.78, 5) is 0.191. The summed E-state index contributed by atoms with van der Waals surface area (Å²) in [5, 5.41) is 0. The van der Waals surface area contributed by atoms with Crippen molar-refractivity contribution in [3.05, 3.63) is 63.1 Å². The summed E-state index contributed by atoms with van der Waals surface area (Å²) in [6, 6.07) is 12.6. The van der Waals surface area contributed by atoms with Gasteiger partial charge in [-0.05, 0) is 64.2 Å². The molecule has 2 aromatic rings. The second-order valence-corrected chi connectivity index (χ2v) is 6.33. The van der Waals surface area contributed by atoms with Gasteiger partial charge >= 0.3 is 0 Å². The first-order valence-corrected chi connectivity index (χ1v) is 7.79. The minimum atomic E-state index is 0.191. The Kier molecular flexibility index (Phi) is 4.69. The van der Waals surface area contributed by atoms with Gasteiger partial charge in [-0.3, -0.25) is 0 Å². The van der Waals surface area contributed by atoms with Crippen LogP contribution in [0.3, 0.4) is 0 Å². The number of rotatable bonds is 3. The molecule has 0 aliphatic heterocycles. The zero-order valence-corrected chi connectivity index (χ0v) is 14.4. The third-order valence-electron chi connectivity index (χ3n) is 3.26. The van der Waals surface area contributed by atoms with E-state index in [0.29, 0.717) is 0 Å². The molecule has 0 heterocycles. The first-order valence-electron chi connectivity index (χ1n) is 6.08. The molecule has 0 radical (unpaired) electrons. The normalized spacial score (nSPS) is 12.3. The lowest BCUT2D eigenvalue weighted by Crippen LogP contribution is -1.99. The molecule has 3 heteroatoms. The summed E-state index contributed by atoms with van der Waals surface area (Å²) in [6.45, 7) is 4.30. The lowest BCUT2D eigenvalue weighted by molar-refractivity contribution is 0.412. The van der Waals surface area contributed by atoms with Gasteiger partial charge in [-0.25, -0.2) is 0 Å². The van der Waals surface area contributed by atoms with Crippen LogP contribution in [-0.2, 0) is 0 Å². The van der Waals surface area contributed by atoms with Gasteiger partial charge in [0.05, 0.1) is 16.4 Å². The number of ether oxygens (including phenoxy) is 1. The fourth-order valence-corrected chi connectivity index (χ4v) is 3.80. The van der Waals surface area contributed by atoms with Crippen LogP contribution in [0.25, 0.3) is 0 Å². The average Bonchev–Trinajstić information content (AvgIpc) is 2.38. The van der Waals surface area contributed by atoms with Crippen LogP contribution in [0.2, 0.25) is 0 Å². The van der Waals surface area contributed by atoms with Crippen molar-refractivity contribution in [1.29, 1.82) is 0 Å². The molecule has 2 rings (SSSR count). The van der Waals surface area contributed by atoms with Crippen LogP contribution in [0.1, 0.15) is 27.1 Å². The number of hydrogen-bond acceptors (Lipinski definition) is 1. The highest BCUT2D eigenvalue weighted by Gasteiger charge is 2.16. The molecule has 19 heavy (non-hydrogen) atoms. The predicted octanol–water partition coefficient (Wildman–Crippen LogP) is 5.56. The van der Waals surface area contributed by atoms with Gasteiger partial charge in [-0.15, -0.1) is 0 Å². The Balaban J connectivity index is 2.44. The smallest absolute Gasteiger partial charge is 0.133 e. The molecule has 0 aromatic heterocycles. The molecule has 0 amide bonds. The molecule has 0 aliphatic rings. The molecule has 0 saturated carbocycles. The van der Waals surface area contributed by atoms with Crippen molar-refractivity contribution in [1.82, 2.24) is 0 Å². The van der Waals surface area contributed by atoms with Gasteiger partial charge in [-0.2, -0.15) is 0 Å². The largest absolute Gasteiger partial charge is 0.496 e. The van der Waals surface area contributed by atoms with E-state index in [-0.39, 0.29) is 4.83 Å². The van der Waals surface area contributed by atoms with Crippen LogP contribution < -0.4 is 4.74 Å². The number of hydrogen-bond donors (Lipinski definition) is 0. The van der Waals surface area contributed by atoms with Gasteiger partial charge in [-0.1, -0.05) is 40.2 Å². The van der Waals surface area contributed by atoms with Gasteiger partial charge in [0, 0.05) is 0 Å². The number of alkyl halides is 1. The molecule has 1 atom stereocenters. The number of methoxy groups -OCH3 is 1. The molecular weight excluding hydrogens is 368 g/mol. The maximum absolute atomic E-state index is 5.27. The van der Waals surface area contributed by atoms with Crippen molar-refractivity contribution in [2.24, 2.45) is 0 Å². The van der Waals surface area contributed by atoms with E-state index < -0.39 is 0 Å². The van der Waals surface area contributed by atoms with E-state index in [0.717, 1.165) is 10.2 Å². The summed E-state index contributed by atoms with van der Waals surface area (Å²) >= 11 is 7.35. The van der Waals surface area contributed by atoms with Gasteiger partial charge in [0.1, 0.15) is 5.75 Å². The molecular formula is C16H16Br2O. The van der Waals surface area contributed by atoms with Crippen molar-refractivity contribution in [3.63, 3.8) is 0 Å². The van der Waals surface area contributed by atoms with Crippen molar-refractivity contribution >= 4 is 31.9 Å². The summed E-state index contributed by atoms with van der Waals surface area (Å²) in [5.41, 5.74) is 5.15. The average molecular weight is 384 g/mol. The number of benzene rings is 2. The molecule has 0 fully saturated rings. The molecule has 1 nitrogen and oxygen atoms in total. The van der Waals surface area contributed by atoms with E-state index in [1.54, 1.807) is 7.11 Å². The molecule has 1 unspecified atom stereocenters. The minimum absolute atomic E-state index is 0.191. The van der Waals surface area contributed by atoms with Gasteiger partial charge in [0.25, 0.3) is 0 Å². The lowest BCUT2D eigenvalue weighted by atomic mass is 9.96.